The van der Waals surface area contributed by atoms with Crippen molar-refractivity contribution in [1.29, 1.82) is 0 Å². The van der Waals surface area contributed by atoms with Gasteiger partial charge in [-0.1, -0.05) is 23.7 Å². The Hall–Kier alpha value is -2.38. The van der Waals surface area contributed by atoms with Crippen LogP contribution < -0.4 is 15.4 Å². The van der Waals surface area contributed by atoms with Crippen LogP contribution in [-0.2, 0) is 0 Å². The summed E-state index contributed by atoms with van der Waals surface area (Å²) >= 11 is 5.75. The van der Waals surface area contributed by atoms with Crippen molar-refractivity contribution in [1.82, 2.24) is 10.2 Å². The Morgan fingerprint density at radius 2 is 1.97 bits per heavy atom. The Kier molecular flexibility index (Phi) is 7.50. The third-order valence-corrected chi connectivity index (χ3v) is 5.54. The fraction of sp³-hybridized carbons (Fsp3) is 0.409. The van der Waals surface area contributed by atoms with Crippen molar-refractivity contribution in [2.45, 2.75) is 18.5 Å². The largest absolute Gasteiger partial charge is 0.490 e. The average Bonchev–Trinajstić information content (AvgIpc) is 2.76. The summed E-state index contributed by atoms with van der Waals surface area (Å²) in [6, 6.07) is 11.5. The first-order chi connectivity index (χ1) is 14.4. The minimum Gasteiger partial charge on any atom is -0.490 e. The maximum atomic E-state index is 15.1. The minimum absolute atomic E-state index is 0.0959. The van der Waals surface area contributed by atoms with Crippen molar-refractivity contribution in [2.24, 2.45) is 0 Å². The number of carbonyl (C=O) groups excluding carboxylic acids is 1. The Balaban J connectivity index is 1.41. The highest BCUT2D eigenvalue weighted by Crippen LogP contribution is 2.27. The molecule has 2 N–H and O–H groups in total. The first-order valence-corrected chi connectivity index (χ1v) is 10.3. The van der Waals surface area contributed by atoms with E-state index in [0.29, 0.717) is 31.8 Å². The molecule has 0 spiro atoms. The van der Waals surface area contributed by atoms with Gasteiger partial charge < -0.3 is 20.3 Å². The summed E-state index contributed by atoms with van der Waals surface area (Å²) < 4.78 is 34.1. The van der Waals surface area contributed by atoms with Gasteiger partial charge in [0.25, 0.3) is 5.91 Å². The van der Waals surface area contributed by atoms with Gasteiger partial charge in [-0.2, -0.15) is 0 Å². The number of nitrogens with one attached hydrogen (secondary N) is 2. The maximum Gasteiger partial charge on any atom is 0.253 e. The number of nitrogens with zero attached hydrogens (tertiary/aromatic N) is 1. The molecule has 1 heterocycles. The number of amides is 1. The number of piperidine rings is 1. The molecular weight excluding hydrogens is 412 g/mol. The van der Waals surface area contributed by atoms with Crippen LogP contribution in [0.4, 0.5) is 14.5 Å². The zero-order valence-corrected chi connectivity index (χ0v) is 17.6. The molecule has 2 aromatic carbocycles. The summed E-state index contributed by atoms with van der Waals surface area (Å²) in [4.78, 5) is 14.1. The SMILES string of the molecule is CNc1ccccc1OCCNCC1(F)CCN(C(=O)c2ccc(F)c(Cl)c2)CC1. The molecule has 0 unspecified atom stereocenters. The molecule has 0 saturated carbocycles. The number of halogens is 3. The van der Waals surface area contributed by atoms with E-state index in [-0.39, 0.29) is 30.3 Å². The lowest BCUT2D eigenvalue weighted by atomic mass is 9.93. The monoisotopic (exact) mass is 437 g/mol. The van der Waals surface area contributed by atoms with Gasteiger partial charge in [-0.25, -0.2) is 8.78 Å². The number of likely N-dealkylation sites (tertiary alicyclic amines) is 1. The van der Waals surface area contributed by atoms with Crippen LogP contribution in [-0.4, -0.2) is 56.3 Å². The summed E-state index contributed by atoms with van der Waals surface area (Å²) in [6.07, 6.45) is 0.480. The molecule has 0 atom stereocenters. The molecule has 3 rings (SSSR count). The van der Waals surface area contributed by atoms with E-state index in [2.05, 4.69) is 10.6 Å². The summed E-state index contributed by atoms with van der Waals surface area (Å²) in [5, 5.41) is 6.08. The van der Waals surface area contributed by atoms with Gasteiger partial charge in [0, 0.05) is 51.6 Å². The smallest absolute Gasteiger partial charge is 0.253 e. The molecule has 2 aromatic rings. The van der Waals surface area contributed by atoms with Crippen molar-refractivity contribution >= 4 is 23.2 Å². The highest BCUT2D eigenvalue weighted by molar-refractivity contribution is 6.31. The zero-order valence-electron chi connectivity index (χ0n) is 16.9. The van der Waals surface area contributed by atoms with Crippen LogP contribution in [0.5, 0.6) is 5.75 Å². The number of benzene rings is 2. The minimum atomic E-state index is -1.37. The van der Waals surface area contributed by atoms with Crippen LogP contribution in [0.1, 0.15) is 23.2 Å². The van der Waals surface area contributed by atoms with Gasteiger partial charge in [-0.15, -0.1) is 0 Å². The lowest BCUT2D eigenvalue weighted by molar-refractivity contribution is 0.0433. The summed E-state index contributed by atoms with van der Waals surface area (Å²) in [5.74, 6) is -0.0767. The van der Waals surface area contributed by atoms with E-state index in [1.54, 1.807) is 4.90 Å². The van der Waals surface area contributed by atoms with Crippen LogP contribution in [0.25, 0.3) is 0 Å². The Morgan fingerprint density at radius 1 is 1.23 bits per heavy atom. The predicted octanol–water partition coefficient (Wildman–Crippen LogP) is 4.13. The lowest BCUT2D eigenvalue weighted by Gasteiger charge is -2.36. The van der Waals surface area contributed by atoms with Gasteiger partial charge >= 0.3 is 0 Å². The summed E-state index contributed by atoms with van der Waals surface area (Å²) in [5.41, 5.74) is -0.163. The molecule has 1 aliphatic rings. The second kappa shape index (κ2) is 10.1. The number of anilines is 1. The van der Waals surface area contributed by atoms with Crippen LogP contribution >= 0.6 is 11.6 Å². The number of carbonyl (C=O) groups is 1. The first kappa shape index (κ1) is 22.3. The van der Waals surface area contributed by atoms with Crippen molar-refractivity contribution in [3.05, 3.63) is 58.9 Å². The van der Waals surface area contributed by atoms with Crippen LogP contribution in [0.2, 0.25) is 5.02 Å². The van der Waals surface area contributed by atoms with Crippen molar-refractivity contribution < 1.29 is 18.3 Å². The number of para-hydroxylation sites is 2. The molecule has 1 aliphatic heterocycles. The van der Waals surface area contributed by atoms with Gasteiger partial charge in [0.05, 0.1) is 10.7 Å². The molecule has 0 aromatic heterocycles. The predicted molar refractivity (Wildman–Crippen MR) is 115 cm³/mol. The Bertz CT molecular complexity index is 873. The molecule has 0 aliphatic carbocycles. The standard InChI is InChI=1S/C22H26ClF2N3O2/c1-26-19-4-2-3-5-20(19)30-13-10-27-15-22(25)8-11-28(12-9-22)21(29)16-6-7-18(24)17(23)14-16/h2-7,14,26-27H,8-13,15H2,1H3. The van der Waals surface area contributed by atoms with E-state index in [4.69, 9.17) is 16.3 Å². The third kappa shape index (κ3) is 5.61. The van der Waals surface area contributed by atoms with Gasteiger partial charge in [0.1, 0.15) is 23.8 Å². The van der Waals surface area contributed by atoms with E-state index in [1.165, 1.54) is 18.2 Å². The van der Waals surface area contributed by atoms with Crippen LogP contribution in [0, 0.1) is 5.82 Å². The van der Waals surface area contributed by atoms with E-state index < -0.39 is 11.5 Å². The molecule has 5 nitrogen and oxygen atoms in total. The number of alkyl halides is 1. The zero-order chi connectivity index (χ0) is 21.6. The number of hydrogen-bond acceptors (Lipinski definition) is 4. The number of rotatable bonds is 8. The van der Waals surface area contributed by atoms with Crippen LogP contribution in [0.15, 0.2) is 42.5 Å². The maximum absolute atomic E-state index is 15.1. The summed E-state index contributed by atoms with van der Waals surface area (Å²) in [7, 11) is 1.83. The lowest BCUT2D eigenvalue weighted by Crippen LogP contribution is -2.49. The van der Waals surface area contributed by atoms with E-state index in [0.717, 1.165) is 11.4 Å². The molecule has 1 saturated heterocycles. The quantitative estimate of drug-likeness (QED) is 0.610. The number of ether oxygens (including phenoxy) is 1. The highest BCUT2D eigenvalue weighted by atomic mass is 35.5. The molecule has 8 heteroatoms. The molecule has 30 heavy (non-hydrogen) atoms. The average molecular weight is 438 g/mol. The van der Waals surface area contributed by atoms with Crippen molar-refractivity contribution in [2.75, 3.05) is 45.2 Å². The molecule has 1 amide bonds. The van der Waals surface area contributed by atoms with Gasteiger partial charge in [0.15, 0.2) is 0 Å². The highest BCUT2D eigenvalue weighted by Gasteiger charge is 2.35. The topological polar surface area (TPSA) is 53.6 Å². The van der Waals surface area contributed by atoms with Crippen LogP contribution in [0.3, 0.4) is 0 Å². The van der Waals surface area contributed by atoms with Gasteiger partial charge in [-0.05, 0) is 30.3 Å². The first-order valence-electron chi connectivity index (χ1n) is 9.95. The normalized spacial score (nSPS) is 15.7. The Morgan fingerprint density at radius 3 is 2.67 bits per heavy atom. The second-order valence-corrected chi connectivity index (χ2v) is 7.75. The van der Waals surface area contributed by atoms with Crippen molar-refractivity contribution in [3.63, 3.8) is 0 Å². The molecule has 0 radical (unpaired) electrons. The van der Waals surface area contributed by atoms with Gasteiger partial charge in [-0.3, -0.25) is 4.79 Å². The molecule has 0 bridgehead atoms. The van der Waals surface area contributed by atoms with E-state index in [9.17, 15) is 9.18 Å². The van der Waals surface area contributed by atoms with Gasteiger partial charge in [0.2, 0.25) is 0 Å². The fourth-order valence-electron chi connectivity index (χ4n) is 3.44. The third-order valence-electron chi connectivity index (χ3n) is 5.25. The summed E-state index contributed by atoms with van der Waals surface area (Å²) in [6.45, 7) is 1.75. The van der Waals surface area contributed by atoms with E-state index in [1.807, 2.05) is 31.3 Å². The second-order valence-electron chi connectivity index (χ2n) is 7.34. The van der Waals surface area contributed by atoms with E-state index >= 15 is 4.39 Å². The van der Waals surface area contributed by atoms with Crippen molar-refractivity contribution in [3.8, 4) is 5.75 Å². The molecule has 1 fully saturated rings. The molecular formula is C22H26ClF2N3O2. The Labute approximate surface area is 180 Å². The number of hydrogen-bond donors (Lipinski definition) is 2. The molecule has 162 valence electrons. The fourth-order valence-corrected chi connectivity index (χ4v) is 3.62.